The number of aromatic nitrogens is 1. The predicted octanol–water partition coefficient (Wildman–Crippen LogP) is 3.49. The fraction of sp³-hybridized carbons (Fsp3) is 0.810. The van der Waals surface area contributed by atoms with Crippen LogP contribution in [-0.4, -0.2) is 50.4 Å². The molecule has 0 bridgehead atoms. The lowest BCUT2D eigenvalue weighted by Crippen LogP contribution is -2.54. The minimum absolute atomic E-state index is 0.260. The van der Waals surface area contributed by atoms with Gasteiger partial charge in [-0.2, -0.15) is 13.2 Å². The fourth-order valence-electron chi connectivity index (χ4n) is 3.22. The van der Waals surface area contributed by atoms with Gasteiger partial charge >= 0.3 is 6.18 Å². The molecule has 0 amide bonds. The highest BCUT2D eigenvalue weighted by Crippen LogP contribution is 2.26. The van der Waals surface area contributed by atoms with Crippen molar-refractivity contribution in [2.45, 2.75) is 89.0 Å². The van der Waals surface area contributed by atoms with Crippen LogP contribution in [0.5, 0.6) is 0 Å². The van der Waals surface area contributed by atoms with E-state index in [1.807, 2.05) is 13.8 Å². The van der Waals surface area contributed by atoms with Crippen molar-refractivity contribution in [2.24, 2.45) is 0 Å². The summed E-state index contributed by atoms with van der Waals surface area (Å²) < 4.78 is 78.9. The molecular formula is C21H33F3NO6S+. The topological polar surface area (TPSA) is 86.7 Å². The van der Waals surface area contributed by atoms with Crippen LogP contribution < -0.4 is 4.74 Å². The van der Waals surface area contributed by atoms with E-state index in [1.54, 1.807) is 12.3 Å². The van der Waals surface area contributed by atoms with Gasteiger partial charge in [0.05, 0.1) is 18.2 Å². The molecule has 1 aromatic rings. The van der Waals surface area contributed by atoms with Gasteiger partial charge in [-0.3, -0.25) is 4.79 Å². The van der Waals surface area contributed by atoms with E-state index in [0.717, 1.165) is 19.3 Å². The molecule has 0 radical (unpaired) electrons. The zero-order valence-corrected chi connectivity index (χ0v) is 19.9. The monoisotopic (exact) mass is 484 g/mol. The lowest BCUT2D eigenvalue weighted by molar-refractivity contribution is -0.911. The molecule has 1 aromatic heterocycles. The van der Waals surface area contributed by atoms with Gasteiger partial charge in [-0.05, 0) is 44.3 Å². The minimum Gasteiger partial charge on any atom is -0.353 e. The second-order valence-corrected chi connectivity index (χ2v) is 11.9. The summed E-state index contributed by atoms with van der Waals surface area (Å²) >= 11 is 0. The molecule has 1 unspecified atom stereocenters. The number of hydrogen-bond donors (Lipinski definition) is 0. The Labute approximate surface area is 187 Å². The predicted molar refractivity (Wildman–Crippen MR) is 110 cm³/mol. The van der Waals surface area contributed by atoms with E-state index < -0.39 is 50.7 Å². The van der Waals surface area contributed by atoms with Gasteiger partial charge in [-0.1, -0.05) is 0 Å². The number of carbonyl (C=O) groups is 1. The van der Waals surface area contributed by atoms with Crippen molar-refractivity contribution in [3.63, 3.8) is 0 Å². The van der Waals surface area contributed by atoms with Gasteiger partial charge in [0.1, 0.15) is 11.4 Å². The Kier molecular flexibility index (Phi) is 8.55. The maximum atomic E-state index is 12.7. The Balaban J connectivity index is 1.97. The number of alkyl halides is 3. The van der Waals surface area contributed by atoms with Gasteiger partial charge in [0.15, 0.2) is 27.7 Å². The summed E-state index contributed by atoms with van der Waals surface area (Å²) in [5.41, 5.74) is -0.582. The molecule has 1 atom stereocenters. The first-order valence-electron chi connectivity index (χ1n) is 10.7. The standard InChI is InChI=1S/C21H33F3NO6S/c1-19(2,15-30-18-8-5-6-12-29-18)25-11-9-16(31-25)14-17(26)20(3,4)32(27,28)13-7-10-21(22,23)24/h9,11,18H,5-8,10,12-15H2,1-4H3/q+1. The second-order valence-electron chi connectivity index (χ2n) is 9.27. The smallest absolute Gasteiger partial charge is 0.353 e. The Bertz CT molecular complexity index is 870. The summed E-state index contributed by atoms with van der Waals surface area (Å²) in [6, 6.07) is 1.57. The van der Waals surface area contributed by atoms with Crippen LogP contribution >= 0.6 is 0 Å². The molecule has 0 saturated carbocycles. The number of ether oxygens (including phenoxy) is 2. The first-order chi connectivity index (χ1) is 14.6. The molecule has 7 nitrogen and oxygen atoms in total. The van der Waals surface area contributed by atoms with Gasteiger partial charge in [0, 0.05) is 26.9 Å². The normalized spacial score (nSPS) is 18.7. The summed E-state index contributed by atoms with van der Waals surface area (Å²) in [4.78, 5) is 12.7. The minimum atomic E-state index is -4.44. The molecule has 11 heteroatoms. The summed E-state index contributed by atoms with van der Waals surface area (Å²) in [6.07, 6.45) is -2.26. The SMILES string of the molecule is CC(C)(COC1CCCCO1)[n+]1ccc(CC(=O)C(C)(C)S(=O)(=O)CCCC(F)(F)F)o1. The van der Waals surface area contributed by atoms with E-state index >= 15 is 0 Å². The molecule has 2 rings (SSSR count). The van der Waals surface area contributed by atoms with Gasteiger partial charge in [-0.15, -0.1) is 0 Å². The Morgan fingerprint density at radius 1 is 1.22 bits per heavy atom. The summed E-state index contributed by atoms with van der Waals surface area (Å²) in [6.45, 7) is 7.19. The Morgan fingerprint density at radius 2 is 1.91 bits per heavy atom. The molecular weight excluding hydrogens is 451 g/mol. The molecule has 1 fully saturated rings. The molecule has 1 aliphatic heterocycles. The van der Waals surface area contributed by atoms with E-state index in [0.29, 0.717) is 13.2 Å². The van der Waals surface area contributed by atoms with Crippen molar-refractivity contribution in [3.05, 3.63) is 18.0 Å². The second kappa shape index (κ2) is 10.2. The van der Waals surface area contributed by atoms with Crippen LogP contribution in [0.2, 0.25) is 0 Å². The summed E-state index contributed by atoms with van der Waals surface area (Å²) in [5.74, 6) is -1.09. The van der Waals surface area contributed by atoms with E-state index in [4.69, 9.17) is 14.0 Å². The third-order valence-electron chi connectivity index (χ3n) is 5.63. The van der Waals surface area contributed by atoms with Gasteiger partial charge in [-0.25, -0.2) is 12.9 Å². The van der Waals surface area contributed by atoms with Crippen molar-refractivity contribution in [1.29, 1.82) is 0 Å². The largest absolute Gasteiger partial charge is 0.389 e. The number of hydrogen-bond acceptors (Lipinski definition) is 6. The van der Waals surface area contributed by atoms with Crippen molar-refractivity contribution in [1.82, 2.24) is 0 Å². The molecule has 0 N–H and O–H groups in total. The molecule has 0 aliphatic carbocycles. The van der Waals surface area contributed by atoms with Crippen molar-refractivity contribution >= 4 is 15.6 Å². The van der Waals surface area contributed by atoms with Crippen LogP contribution in [0, 0.1) is 0 Å². The third kappa shape index (κ3) is 7.28. The highest BCUT2D eigenvalue weighted by molar-refractivity contribution is 7.93. The molecule has 0 spiro atoms. The van der Waals surface area contributed by atoms with E-state index in [2.05, 4.69) is 0 Å². The highest BCUT2D eigenvalue weighted by atomic mass is 32.2. The van der Waals surface area contributed by atoms with Crippen LogP contribution in [-0.2, 0) is 36.1 Å². The average Bonchev–Trinajstić information content (AvgIpc) is 3.15. The molecule has 2 heterocycles. The van der Waals surface area contributed by atoms with Crippen molar-refractivity contribution < 1.29 is 45.1 Å². The van der Waals surface area contributed by atoms with Gasteiger partial charge in [0.2, 0.25) is 11.7 Å². The van der Waals surface area contributed by atoms with E-state index in [1.165, 1.54) is 18.6 Å². The summed E-state index contributed by atoms with van der Waals surface area (Å²) in [7, 11) is -4.08. The number of sulfone groups is 1. The van der Waals surface area contributed by atoms with Crippen LogP contribution in [0.25, 0.3) is 0 Å². The van der Waals surface area contributed by atoms with Gasteiger partial charge < -0.3 is 9.47 Å². The van der Waals surface area contributed by atoms with E-state index in [9.17, 15) is 26.4 Å². The summed E-state index contributed by atoms with van der Waals surface area (Å²) in [5, 5.41) is 0. The maximum Gasteiger partial charge on any atom is 0.389 e. The lowest BCUT2D eigenvalue weighted by Gasteiger charge is -2.25. The first kappa shape index (κ1) is 26.8. The zero-order valence-electron chi connectivity index (χ0n) is 19.0. The van der Waals surface area contributed by atoms with E-state index in [-0.39, 0.29) is 18.5 Å². The molecule has 1 aliphatic rings. The quantitative estimate of drug-likeness (QED) is 0.447. The highest BCUT2D eigenvalue weighted by Gasteiger charge is 2.42. The van der Waals surface area contributed by atoms with Crippen LogP contribution in [0.15, 0.2) is 16.8 Å². The number of carbonyl (C=O) groups excluding carboxylic acids is 1. The van der Waals surface area contributed by atoms with Gasteiger partial charge in [0.25, 0.3) is 0 Å². The fourth-order valence-corrected chi connectivity index (χ4v) is 4.67. The molecule has 0 aromatic carbocycles. The molecule has 1 saturated heterocycles. The molecule has 184 valence electrons. The average molecular weight is 485 g/mol. The van der Waals surface area contributed by atoms with Crippen molar-refractivity contribution in [3.8, 4) is 0 Å². The Morgan fingerprint density at radius 3 is 2.50 bits per heavy atom. The number of rotatable bonds is 11. The number of nitrogens with zero attached hydrogens (tertiary/aromatic N) is 1. The first-order valence-corrected chi connectivity index (χ1v) is 12.4. The maximum absolute atomic E-state index is 12.7. The molecule has 32 heavy (non-hydrogen) atoms. The van der Waals surface area contributed by atoms with Crippen LogP contribution in [0.3, 0.4) is 0 Å². The lowest BCUT2D eigenvalue weighted by atomic mass is 10.0. The zero-order chi connectivity index (χ0) is 24.2. The Hall–Kier alpha value is -1.46. The number of halogens is 3. The van der Waals surface area contributed by atoms with Crippen molar-refractivity contribution in [2.75, 3.05) is 19.0 Å². The van der Waals surface area contributed by atoms with Crippen LogP contribution in [0.1, 0.15) is 65.6 Å². The third-order valence-corrected chi connectivity index (χ3v) is 8.23. The number of Topliss-reactive ketones (excluding diaryl/α,β-unsaturated/α-hetero) is 1. The van der Waals surface area contributed by atoms with Crippen LogP contribution in [0.4, 0.5) is 13.2 Å². The number of ketones is 1.